The van der Waals surface area contributed by atoms with Gasteiger partial charge in [0.05, 0.1) is 24.9 Å². The first kappa shape index (κ1) is 37.3. The predicted molar refractivity (Wildman–Crippen MR) is 185 cm³/mol. The molecule has 0 aromatic heterocycles. The summed E-state index contributed by atoms with van der Waals surface area (Å²) in [4.78, 5) is 0. The summed E-state index contributed by atoms with van der Waals surface area (Å²) in [6, 6.07) is 0. The van der Waals surface area contributed by atoms with Crippen LogP contribution >= 0.6 is 0 Å². The van der Waals surface area contributed by atoms with Crippen LogP contribution in [-0.2, 0) is 18.9 Å². The molecular weight excluding hydrogens is 562 g/mol. The van der Waals surface area contributed by atoms with Crippen LogP contribution in [0.4, 0.5) is 0 Å². The summed E-state index contributed by atoms with van der Waals surface area (Å²) in [6.45, 7) is 18.0. The van der Waals surface area contributed by atoms with Gasteiger partial charge in [-0.2, -0.15) is 0 Å². The van der Waals surface area contributed by atoms with Crippen molar-refractivity contribution in [2.75, 3.05) is 52.7 Å². The lowest BCUT2D eigenvalue weighted by Crippen LogP contribution is -2.63. The zero-order valence-electron chi connectivity index (χ0n) is 29.8. The standard InChI is InChI=1S/C38H71N3O4/c1-27(2)14-23-42-19-6-10-28(3)31-11-12-32-36-33(26-35(38(31,32)5)45-22-9-18-41)37(4)15-13-30(43-20-7-16-39)24-29(37)25-34(36)44-21-8-17-40/h14,28-36H,6-13,15-26,39-41H2,1-5H3/t28-,29?,30-,31?,32?,33+,34-,35+,36?,37?,38?/m1/s1. The maximum Gasteiger partial charge on any atom is 0.0649 e. The number of hydrogen-bond donors (Lipinski definition) is 3. The molecule has 45 heavy (non-hydrogen) atoms. The Hall–Kier alpha value is -0.540. The third-order valence-electron chi connectivity index (χ3n) is 13.1. The second-order valence-electron chi connectivity index (χ2n) is 16.0. The molecule has 7 heteroatoms. The van der Waals surface area contributed by atoms with Crippen molar-refractivity contribution in [1.82, 2.24) is 0 Å². The zero-order chi connectivity index (χ0) is 32.5. The topological polar surface area (TPSA) is 115 Å². The first-order chi connectivity index (χ1) is 21.7. The Labute approximate surface area is 276 Å². The molecule has 6 unspecified atom stereocenters. The Bertz CT molecular complexity index is 898. The van der Waals surface area contributed by atoms with Crippen LogP contribution in [0.25, 0.3) is 0 Å². The molecule has 262 valence electrons. The molecule has 11 atom stereocenters. The number of rotatable bonds is 19. The predicted octanol–water partition coefficient (Wildman–Crippen LogP) is 6.47. The van der Waals surface area contributed by atoms with Gasteiger partial charge in [0.2, 0.25) is 0 Å². The van der Waals surface area contributed by atoms with Gasteiger partial charge in [0.15, 0.2) is 0 Å². The molecule has 0 bridgehead atoms. The molecule has 4 rings (SSSR count). The highest BCUT2D eigenvalue weighted by Gasteiger charge is 2.66. The van der Waals surface area contributed by atoms with Gasteiger partial charge in [-0.1, -0.05) is 32.4 Å². The highest BCUT2D eigenvalue weighted by Crippen LogP contribution is 2.69. The van der Waals surface area contributed by atoms with E-state index in [1.165, 1.54) is 31.3 Å². The van der Waals surface area contributed by atoms with Crippen molar-refractivity contribution in [3.8, 4) is 0 Å². The molecule has 0 saturated heterocycles. The average molecular weight is 634 g/mol. The van der Waals surface area contributed by atoms with Crippen molar-refractivity contribution in [3.05, 3.63) is 11.6 Å². The number of hydrogen-bond acceptors (Lipinski definition) is 7. The quantitative estimate of drug-likeness (QED) is 0.110. The van der Waals surface area contributed by atoms with E-state index in [4.69, 9.17) is 36.1 Å². The molecule has 4 aliphatic rings. The normalized spacial score (nSPS) is 38.3. The molecular formula is C38H71N3O4. The van der Waals surface area contributed by atoms with Gasteiger partial charge in [-0.15, -0.1) is 0 Å². The van der Waals surface area contributed by atoms with Gasteiger partial charge < -0.3 is 36.1 Å². The van der Waals surface area contributed by atoms with E-state index >= 15 is 0 Å². The van der Waals surface area contributed by atoms with Gasteiger partial charge in [0, 0.05) is 31.8 Å². The Balaban J connectivity index is 1.56. The van der Waals surface area contributed by atoms with Crippen molar-refractivity contribution in [3.63, 3.8) is 0 Å². The van der Waals surface area contributed by atoms with Crippen molar-refractivity contribution in [2.24, 2.45) is 63.5 Å². The molecule has 0 aromatic rings. The molecule has 4 fully saturated rings. The third kappa shape index (κ3) is 8.74. The first-order valence-electron chi connectivity index (χ1n) is 18.9. The van der Waals surface area contributed by atoms with Crippen LogP contribution in [0, 0.1) is 46.3 Å². The maximum absolute atomic E-state index is 6.99. The summed E-state index contributed by atoms with van der Waals surface area (Å²) >= 11 is 0. The Morgan fingerprint density at radius 1 is 0.800 bits per heavy atom. The smallest absolute Gasteiger partial charge is 0.0649 e. The molecule has 0 radical (unpaired) electrons. The third-order valence-corrected chi connectivity index (χ3v) is 13.1. The monoisotopic (exact) mass is 634 g/mol. The summed E-state index contributed by atoms with van der Waals surface area (Å²) in [7, 11) is 0. The van der Waals surface area contributed by atoms with Crippen LogP contribution in [0.5, 0.6) is 0 Å². The van der Waals surface area contributed by atoms with E-state index in [9.17, 15) is 0 Å². The number of ether oxygens (including phenoxy) is 4. The lowest BCUT2D eigenvalue weighted by molar-refractivity contribution is -0.227. The van der Waals surface area contributed by atoms with E-state index in [-0.39, 0.29) is 11.5 Å². The number of nitrogens with two attached hydrogens (primary N) is 3. The minimum atomic E-state index is 0.152. The van der Waals surface area contributed by atoms with Gasteiger partial charge in [-0.3, -0.25) is 0 Å². The van der Waals surface area contributed by atoms with E-state index in [0.717, 1.165) is 84.4 Å². The van der Waals surface area contributed by atoms with Crippen molar-refractivity contribution >= 4 is 0 Å². The largest absolute Gasteiger partial charge is 0.378 e. The average Bonchev–Trinajstić information content (AvgIpc) is 3.37. The van der Waals surface area contributed by atoms with Crippen LogP contribution in [0.2, 0.25) is 0 Å². The van der Waals surface area contributed by atoms with Gasteiger partial charge in [-0.25, -0.2) is 0 Å². The lowest BCUT2D eigenvalue weighted by atomic mass is 9.43. The van der Waals surface area contributed by atoms with Crippen molar-refractivity contribution in [1.29, 1.82) is 0 Å². The van der Waals surface area contributed by atoms with Gasteiger partial charge in [0.25, 0.3) is 0 Å². The molecule has 4 aliphatic carbocycles. The van der Waals surface area contributed by atoms with Crippen LogP contribution in [0.1, 0.15) is 112 Å². The van der Waals surface area contributed by atoms with E-state index in [0.29, 0.717) is 72.8 Å². The Kier molecular flexibility index (Phi) is 14.7. The molecule has 6 N–H and O–H groups in total. The van der Waals surface area contributed by atoms with Gasteiger partial charge in [-0.05, 0) is 151 Å². The molecule has 0 amide bonds. The minimum Gasteiger partial charge on any atom is -0.378 e. The highest BCUT2D eigenvalue weighted by atomic mass is 16.5. The Morgan fingerprint density at radius 3 is 2.18 bits per heavy atom. The molecule has 0 aliphatic heterocycles. The van der Waals surface area contributed by atoms with Crippen molar-refractivity contribution in [2.45, 2.75) is 130 Å². The second-order valence-corrected chi connectivity index (χ2v) is 16.0. The van der Waals surface area contributed by atoms with E-state index < -0.39 is 0 Å². The summed E-state index contributed by atoms with van der Waals surface area (Å²) in [6.07, 6.45) is 16.7. The fraction of sp³-hybridized carbons (Fsp3) is 0.947. The molecule has 4 saturated carbocycles. The van der Waals surface area contributed by atoms with E-state index in [2.05, 4.69) is 40.7 Å². The van der Waals surface area contributed by atoms with Crippen LogP contribution in [0.15, 0.2) is 11.6 Å². The minimum absolute atomic E-state index is 0.152. The zero-order valence-corrected chi connectivity index (χ0v) is 29.8. The van der Waals surface area contributed by atoms with Crippen LogP contribution in [-0.4, -0.2) is 71.0 Å². The SMILES string of the molecule is CC(C)=CCOCCC[C@@H](C)C1CCC2C3[C@H](OCCCN)CC4C[C@H](OCCCN)CCC4(C)[C@H]3C[C@H](OCCCN)C21C. The van der Waals surface area contributed by atoms with Gasteiger partial charge >= 0.3 is 0 Å². The highest BCUT2D eigenvalue weighted by molar-refractivity contribution is 5.15. The Morgan fingerprint density at radius 2 is 1.49 bits per heavy atom. The maximum atomic E-state index is 6.99. The fourth-order valence-electron chi connectivity index (χ4n) is 10.6. The summed E-state index contributed by atoms with van der Waals surface area (Å²) in [5, 5.41) is 0. The molecule has 0 spiro atoms. The summed E-state index contributed by atoms with van der Waals surface area (Å²) in [5.41, 5.74) is 19.5. The van der Waals surface area contributed by atoms with Crippen LogP contribution in [0.3, 0.4) is 0 Å². The van der Waals surface area contributed by atoms with Crippen molar-refractivity contribution < 1.29 is 18.9 Å². The van der Waals surface area contributed by atoms with Crippen LogP contribution < -0.4 is 17.2 Å². The van der Waals surface area contributed by atoms with E-state index in [1.54, 1.807) is 0 Å². The first-order valence-corrected chi connectivity index (χ1v) is 18.9. The number of fused-ring (bicyclic) bond motifs is 5. The molecule has 7 nitrogen and oxygen atoms in total. The lowest BCUT2D eigenvalue weighted by Gasteiger charge is -2.65. The second kappa shape index (κ2) is 17.7. The number of allylic oxidation sites excluding steroid dienone is 1. The molecule has 0 aromatic carbocycles. The fourth-order valence-corrected chi connectivity index (χ4v) is 10.6. The van der Waals surface area contributed by atoms with Gasteiger partial charge in [0.1, 0.15) is 0 Å². The van der Waals surface area contributed by atoms with E-state index in [1.807, 2.05) is 0 Å². The summed E-state index contributed by atoms with van der Waals surface area (Å²) < 4.78 is 26.2. The summed E-state index contributed by atoms with van der Waals surface area (Å²) in [5.74, 6) is 3.75. The molecule has 0 heterocycles.